The van der Waals surface area contributed by atoms with Crippen LogP contribution in [0.3, 0.4) is 0 Å². The molecule has 0 aromatic heterocycles. The second-order valence-electron chi connectivity index (χ2n) is 4.35. The highest BCUT2D eigenvalue weighted by atomic mass is 79.9. The van der Waals surface area contributed by atoms with E-state index in [1.54, 1.807) is 0 Å². The SMILES string of the molecule is CCCCC(NCCC)c1cc(Cl)cc(Br)c1. The predicted octanol–water partition coefficient (Wildman–Crippen LogP) is 5.33. The minimum atomic E-state index is 0.421. The number of hydrogen-bond donors (Lipinski definition) is 1. The minimum absolute atomic E-state index is 0.421. The fourth-order valence-corrected chi connectivity index (χ4v) is 2.78. The molecule has 0 fully saturated rings. The van der Waals surface area contributed by atoms with Gasteiger partial charge in [-0.2, -0.15) is 0 Å². The van der Waals surface area contributed by atoms with Crippen molar-refractivity contribution in [2.45, 2.75) is 45.6 Å². The number of rotatable bonds is 7. The van der Waals surface area contributed by atoms with Gasteiger partial charge in [-0.3, -0.25) is 0 Å². The van der Waals surface area contributed by atoms with Gasteiger partial charge in [-0.25, -0.2) is 0 Å². The molecule has 0 aliphatic heterocycles. The van der Waals surface area contributed by atoms with E-state index in [1.165, 1.54) is 24.8 Å². The fraction of sp³-hybridized carbons (Fsp3) is 0.571. The van der Waals surface area contributed by atoms with Gasteiger partial charge in [0.1, 0.15) is 0 Å². The Hall–Kier alpha value is -0.0500. The Labute approximate surface area is 118 Å². The first kappa shape index (κ1) is 15.0. The number of nitrogens with one attached hydrogen (secondary N) is 1. The zero-order valence-corrected chi connectivity index (χ0v) is 12.9. The smallest absolute Gasteiger partial charge is 0.0420 e. The summed E-state index contributed by atoms with van der Waals surface area (Å²) in [5, 5.41) is 4.40. The van der Waals surface area contributed by atoms with Crippen LogP contribution in [-0.4, -0.2) is 6.54 Å². The summed E-state index contributed by atoms with van der Waals surface area (Å²) >= 11 is 9.61. The summed E-state index contributed by atoms with van der Waals surface area (Å²) < 4.78 is 1.06. The van der Waals surface area contributed by atoms with Crippen LogP contribution < -0.4 is 5.32 Å². The lowest BCUT2D eigenvalue weighted by Crippen LogP contribution is -2.22. The Morgan fingerprint density at radius 2 is 2.00 bits per heavy atom. The molecule has 0 aliphatic rings. The van der Waals surface area contributed by atoms with E-state index in [4.69, 9.17) is 11.6 Å². The molecule has 1 rings (SSSR count). The molecule has 1 N–H and O–H groups in total. The maximum Gasteiger partial charge on any atom is 0.0420 e. The third-order valence-electron chi connectivity index (χ3n) is 2.77. The highest BCUT2D eigenvalue weighted by Gasteiger charge is 2.11. The van der Waals surface area contributed by atoms with E-state index in [-0.39, 0.29) is 0 Å². The summed E-state index contributed by atoms with van der Waals surface area (Å²) in [5.74, 6) is 0. The van der Waals surface area contributed by atoms with E-state index in [0.717, 1.165) is 22.5 Å². The molecule has 1 aromatic rings. The maximum atomic E-state index is 6.10. The number of benzene rings is 1. The van der Waals surface area contributed by atoms with Crippen molar-refractivity contribution in [1.29, 1.82) is 0 Å². The average Bonchev–Trinajstić information content (AvgIpc) is 2.28. The topological polar surface area (TPSA) is 12.0 Å². The van der Waals surface area contributed by atoms with Gasteiger partial charge < -0.3 is 5.32 Å². The fourth-order valence-electron chi connectivity index (χ4n) is 1.89. The van der Waals surface area contributed by atoms with Gasteiger partial charge in [-0.1, -0.05) is 54.2 Å². The van der Waals surface area contributed by atoms with Crippen molar-refractivity contribution >= 4 is 27.5 Å². The lowest BCUT2D eigenvalue weighted by molar-refractivity contribution is 0.481. The van der Waals surface area contributed by atoms with E-state index < -0.39 is 0 Å². The van der Waals surface area contributed by atoms with Crippen LogP contribution in [0.25, 0.3) is 0 Å². The molecule has 17 heavy (non-hydrogen) atoms. The Bertz CT molecular complexity index is 313. The van der Waals surface area contributed by atoms with Gasteiger partial charge >= 0.3 is 0 Å². The number of halogens is 2. The van der Waals surface area contributed by atoms with Crippen molar-refractivity contribution in [1.82, 2.24) is 5.32 Å². The van der Waals surface area contributed by atoms with Gasteiger partial charge in [0, 0.05) is 15.5 Å². The predicted molar refractivity (Wildman–Crippen MR) is 79.7 cm³/mol. The van der Waals surface area contributed by atoms with E-state index in [1.807, 2.05) is 6.07 Å². The first-order chi connectivity index (χ1) is 8.17. The molecule has 1 aromatic carbocycles. The largest absolute Gasteiger partial charge is 0.310 e. The molecule has 0 bridgehead atoms. The minimum Gasteiger partial charge on any atom is -0.310 e. The maximum absolute atomic E-state index is 6.10. The molecule has 0 spiro atoms. The molecule has 96 valence electrons. The van der Waals surface area contributed by atoms with E-state index in [0.29, 0.717) is 6.04 Å². The third-order valence-corrected chi connectivity index (χ3v) is 3.45. The van der Waals surface area contributed by atoms with Crippen LogP contribution in [0.4, 0.5) is 0 Å². The standard InChI is InChI=1S/C14H21BrClN/c1-3-5-6-14(17-7-4-2)11-8-12(15)10-13(16)9-11/h8-10,14,17H,3-7H2,1-2H3. The second kappa shape index (κ2) is 8.12. The normalized spacial score (nSPS) is 12.7. The molecule has 0 saturated carbocycles. The van der Waals surface area contributed by atoms with Crippen LogP contribution in [0.2, 0.25) is 5.02 Å². The number of unbranched alkanes of at least 4 members (excludes halogenated alkanes) is 1. The van der Waals surface area contributed by atoms with Crippen LogP contribution in [0, 0.1) is 0 Å². The molecule has 3 heteroatoms. The van der Waals surface area contributed by atoms with Gasteiger partial charge in [-0.05, 0) is 43.1 Å². The van der Waals surface area contributed by atoms with Gasteiger partial charge in [-0.15, -0.1) is 0 Å². The molecule has 0 heterocycles. The summed E-state index contributed by atoms with van der Waals surface area (Å²) in [6, 6.07) is 6.58. The van der Waals surface area contributed by atoms with Gasteiger partial charge in [0.05, 0.1) is 0 Å². The molecule has 1 nitrogen and oxygen atoms in total. The molecular formula is C14H21BrClN. The van der Waals surface area contributed by atoms with Crippen molar-refractivity contribution in [2.24, 2.45) is 0 Å². The quantitative estimate of drug-likeness (QED) is 0.716. The third kappa shape index (κ3) is 5.41. The summed E-state index contributed by atoms with van der Waals surface area (Å²) in [7, 11) is 0. The van der Waals surface area contributed by atoms with Crippen molar-refractivity contribution in [3.05, 3.63) is 33.3 Å². The first-order valence-corrected chi connectivity index (χ1v) is 7.53. The molecule has 0 saturated heterocycles. The Kier molecular flexibility index (Phi) is 7.17. The molecule has 0 radical (unpaired) electrons. The zero-order valence-electron chi connectivity index (χ0n) is 10.6. The lowest BCUT2D eigenvalue weighted by atomic mass is 10.0. The molecule has 1 unspecified atom stereocenters. The van der Waals surface area contributed by atoms with Gasteiger partial charge in [0.15, 0.2) is 0 Å². The van der Waals surface area contributed by atoms with Crippen molar-refractivity contribution < 1.29 is 0 Å². The van der Waals surface area contributed by atoms with Gasteiger partial charge in [0.2, 0.25) is 0 Å². The lowest BCUT2D eigenvalue weighted by Gasteiger charge is -2.19. The molecule has 0 aliphatic carbocycles. The molecule has 0 amide bonds. The monoisotopic (exact) mass is 317 g/mol. The van der Waals surface area contributed by atoms with Crippen LogP contribution in [0.15, 0.2) is 22.7 Å². The van der Waals surface area contributed by atoms with Gasteiger partial charge in [0.25, 0.3) is 0 Å². The second-order valence-corrected chi connectivity index (χ2v) is 5.70. The van der Waals surface area contributed by atoms with Crippen LogP contribution in [0.5, 0.6) is 0 Å². The highest BCUT2D eigenvalue weighted by molar-refractivity contribution is 9.10. The number of hydrogen-bond acceptors (Lipinski definition) is 1. The van der Waals surface area contributed by atoms with E-state index in [9.17, 15) is 0 Å². The van der Waals surface area contributed by atoms with E-state index >= 15 is 0 Å². The summed E-state index contributed by atoms with van der Waals surface area (Å²) in [6.45, 7) is 5.47. The molecule has 1 atom stereocenters. The van der Waals surface area contributed by atoms with Crippen molar-refractivity contribution in [2.75, 3.05) is 6.54 Å². The average molecular weight is 319 g/mol. The summed E-state index contributed by atoms with van der Waals surface area (Å²) in [6.07, 6.45) is 4.80. The van der Waals surface area contributed by atoms with Crippen LogP contribution >= 0.6 is 27.5 Å². The molecular weight excluding hydrogens is 298 g/mol. The van der Waals surface area contributed by atoms with Crippen molar-refractivity contribution in [3.63, 3.8) is 0 Å². The first-order valence-electron chi connectivity index (χ1n) is 6.36. The highest BCUT2D eigenvalue weighted by Crippen LogP contribution is 2.26. The van der Waals surface area contributed by atoms with Crippen LogP contribution in [0.1, 0.15) is 51.1 Å². The Morgan fingerprint density at radius 1 is 1.24 bits per heavy atom. The zero-order chi connectivity index (χ0) is 12.7. The Morgan fingerprint density at radius 3 is 2.59 bits per heavy atom. The summed E-state index contributed by atoms with van der Waals surface area (Å²) in [5.41, 5.74) is 1.28. The van der Waals surface area contributed by atoms with E-state index in [2.05, 4.69) is 47.2 Å². The Balaban J connectivity index is 2.78. The summed E-state index contributed by atoms with van der Waals surface area (Å²) in [4.78, 5) is 0. The van der Waals surface area contributed by atoms with Crippen molar-refractivity contribution in [3.8, 4) is 0 Å². The van der Waals surface area contributed by atoms with Crippen LogP contribution in [-0.2, 0) is 0 Å².